The predicted molar refractivity (Wildman–Crippen MR) is 147 cm³/mol. The first-order valence-electron chi connectivity index (χ1n) is 12.5. The summed E-state index contributed by atoms with van der Waals surface area (Å²) in [6.07, 6.45) is 3.25. The molecule has 0 radical (unpaired) electrons. The molecule has 2 aliphatic heterocycles. The van der Waals surface area contributed by atoms with Crippen molar-refractivity contribution in [3.63, 3.8) is 0 Å². The quantitative estimate of drug-likeness (QED) is 0.372. The van der Waals surface area contributed by atoms with Crippen molar-refractivity contribution in [2.75, 3.05) is 21.1 Å². The summed E-state index contributed by atoms with van der Waals surface area (Å²) >= 11 is 8.84. The molecule has 1 amide bonds. The Bertz CT molecular complexity index is 1520. The van der Waals surface area contributed by atoms with E-state index in [1.54, 1.807) is 12.1 Å². The molecule has 1 spiro atoms. The molecule has 1 aliphatic carbocycles. The number of hydrogen-bond acceptors (Lipinski definition) is 4. The second-order valence-corrected chi connectivity index (χ2v) is 13.5. The predicted octanol–water partition coefficient (Wildman–Crippen LogP) is 6.62. The molecule has 1 saturated carbocycles. The largest absolute Gasteiger partial charge is 0.319 e. The van der Waals surface area contributed by atoms with Crippen LogP contribution in [0.1, 0.15) is 41.6 Å². The van der Waals surface area contributed by atoms with Gasteiger partial charge >= 0.3 is 0 Å². The van der Waals surface area contributed by atoms with E-state index in [0.717, 1.165) is 49.3 Å². The lowest BCUT2D eigenvalue weighted by Gasteiger charge is -2.42. The molecule has 1 atom stereocenters. The Labute approximate surface area is 229 Å². The summed E-state index contributed by atoms with van der Waals surface area (Å²) in [6, 6.07) is 13.5. The Hall–Kier alpha value is -2.62. The Balaban J connectivity index is 1.51. The van der Waals surface area contributed by atoms with Gasteiger partial charge in [-0.25, -0.2) is 17.2 Å². The molecular formula is C28H25ClF2N2O3S2. The Morgan fingerprint density at radius 1 is 1.00 bits per heavy atom. The van der Waals surface area contributed by atoms with Crippen molar-refractivity contribution in [1.29, 1.82) is 0 Å². The minimum absolute atomic E-state index is 0.00947. The summed E-state index contributed by atoms with van der Waals surface area (Å²) in [6.45, 7) is 0. The van der Waals surface area contributed by atoms with Crippen molar-refractivity contribution in [3.05, 3.63) is 88.4 Å². The third-order valence-electron chi connectivity index (χ3n) is 7.86. The monoisotopic (exact) mass is 574 g/mol. The van der Waals surface area contributed by atoms with E-state index in [1.807, 2.05) is 11.8 Å². The minimum Gasteiger partial charge on any atom is -0.319 e. The van der Waals surface area contributed by atoms with Crippen LogP contribution >= 0.6 is 23.4 Å². The van der Waals surface area contributed by atoms with Crippen LogP contribution in [-0.2, 0) is 15.4 Å². The summed E-state index contributed by atoms with van der Waals surface area (Å²) in [4.78, 5) is 13.3. The number of rotatable bonds is 5. The first-order valence-corrected chi connectivity index (χ1v) is 15.5. The fourth-order valence-corrected chi connectivity index (χ4v) is 9.45. The summed E-state index contributed by atoms with van der Waals surface area (Å²) in [5, 5.41) is 2.80. The fourth-order valence-electron chi connectivity index (χ4n) is 6.01. The van der Waals surface area contributed by atoms with Gasteiger partial charge in [-0.1, -0.05) is 23.7 Å². The van der Waals surface area contributed by atoms with E-state index in [4.69, 9.17) is 11.6 Å². The highest BCUT2D eigenvalue weighted by molar-refractivity contribution is 7.99. The molecule has 10 heteroatoms. The fraction of sp³-hybridized carbons (Fsp3) is 0.321. The molecule has 1 N–H and O–H groups in total. The second kappa shape index (κ2) is 9.54. The van der Waals surface area contributed by atoms with E-state index in [9.17, 15) is 22.0 Å². The lowest BCUT2D eigenvalue weighted by molar-refractivity contribution is 0.102. The van der Waals surface area contributed by atoms with Crippen LogP contribution in [0.5, 0.6) is 0 Å². The number of sulfonamides is 1. The van der Waals surface area contributed by atoms with Crippen LogP contribution in [0.15, 0.2) is 65.6 Å². The van der Waals surface area contributed by atoms with Crippen molar-refractivity contribution in [2.45, 2.75) is 42.0 Å². The number of thioether (sulfide) groups is 1. The molecule has 6 rings (SSSR count). The number of nitrogens with one attached hydrogen (secondary N) is 1. The molecule has 38 heavy (non-hydrogen) atoms. The van der Waals surface area contributed by atoms with Gasteiger partial charge in [0.1, 0.15) is 11.6 Å². The highest BCUT2D eigenvalue weighted by Gasteiger charge is 2.60. The van der Waals surface area contributed by atoms with Gasteiger partial charge in [0, 0.05) is 11.0 Å². The topological polar surface area (TPSA) is 66.5 Å². The van der Waals surface area contributed by atoms with Gasteiger partial charge in [-0.2, -0.15) is 11.8 Å². The molecule has 0 bridgehead atoms. The van der Waals surface area contributed by atoms with Crippen LogP contribution in [0.25, 0.3) is 0 Å². The smallest absolute Gasteiger partial charge is 0.264 e. The van der Waals surface area contributed by atoms with Crippen molar-refractivity contribution in [1.82, 2.24) is 0 Å². The molecule has 0 aromatic heterocycles. The number of fused-ring (bicyclic) bond motifs is 2. The SMILES string of the molecule is O=C(Nc1ccccc1F)c1ccc2c(c1Cl)C1(CCSCC1)C(C1CC1)N2S(=O)(=O)c1ccc(F)cc1. The molecular weight excluding hydrogens is 550 g/mol. The molecule has 2 fully saturated rings. The Morgan fingerprint density at radius 3 is 2.34 bits per heavy atom. The van der Waals surface area contributed by atoms with E-state index in [1.165, 1.54) is 40.7 Å². The first kappa shape index (κ1) is 25.6. The van der Waals surface area contributed by atoms with Crippen LogP contribution < -0.4 is 9.62 Å². The minimum atomic E-state index is -4.05. The van der Waals surface area contributed by atoms with Crippen LogP contribution in [0.2, 0.25) is 5.02 Å². The molecule has 3 aliphatic rings. The number of hydrogen-bond donors (Lipinski definition) is 1. The van der Waals surface area contributed by atoms with Crippen LogP contribution in [0.4, 0.5) is 20.2 Å². The van der Waals surface area contributed by atoms with Crippen molar-refractivity contribution in [3.8, 4) is 0 Å². The number of carbonyl (C=O) groups is 1. The number of halogens is 3. The molecule has 2 heterocycles. The van der Waals surface area contributed by atoms with E-state index < -0.39 is 33.0 Å². The van der Waals surface area contributed by atoms with E-state index in [-0.39, 0.29) is 33.1 Å². The molecule has 198 valence electrons. The molecule has 5 nitrogen and oxygen atoms in total. The Kier molecular flexibility index (Phi) is 6.44. The van der Waals surface area contributed by atoms with Crippen molar-refractivity contribution in [2.24, 2.45) is 5.92 Å². The van der Waals surface area contributed by atoms with Crippen LogP contribution in [0.3, 0.4) is 0 Å². The average Bonchev–Trinajstić information content (AvgIpc) is 3.70. The molecule has 3 aromatic rings. The number of benzene rings is 3. The van der Waals surface area contributed by atoms with Crippen molar-refractivity contribution >= 4 is 50.7 Å². The second-order valence-electron chi connectivity index (χ2n) is 10.1. The van der Waals surface area contributed by atoms with E-state index in [2.05, 4.69) is 5.32 Å². The van der Waals surface area contributed by atoms with Gasteiger partial charge in [-0.05, 0) is 91.6 Å². The third kappa shape index (κ3) is 4.10. The van der Waals surface area contributed by atoms with Gasteiger partial charge in [-0.3, -0.25) is 9.10 Å². The third-order valence-corrected chi connectivity index (χ3v) is 11.1. The maximum Gasteiger partial charge on any atom is 0.264 e. The Morgan fingerprint density at radius 2 is 1.68 bits per heavy atom. The summed E-state index contributed by atoms with van der Waals surface area (Å²) in [5.74, 6) is 0.200. The lowest BCUT2D eigenvalue weighted by atomic mass is 9.70. The molecule has 3 aromatic carbocycles. The summed E-state index contributed by atoms with van der Waals surface area (Å²) < 4.78 is 57.6. The first-order chi connectivity index (χ1) is 18.2. The molecule has 1 saturated heterocycles. The maximum atomic E-state index is 14.2. The number of carbonyl (C=O) groups excluding carboxylic acids is 1. The van der Waals surface area contributed by atoms with Gasteiger partial charge in [0.15, 0.2) is 0 Å². The highest BCUT2D eigenvalue weighted by Crippen LogP contribution is 2.61. The number of nitrogens with zero attached hydrogens (tertiary/aromatic N) is 1. The van der Waals surface area contributed by atoms with Crippen LogP contribution in [0, 0.1) is 17.6 Å². The van der Waals surface area contributed by atoms with Crippen LogP contribution in [-0.4, -0.2) is 31.9 Å². The number of anilines is 2. The van der Waals surface area contributed by atoms with E-state index >= 15 is 0 Å². The number of para-hydroxylation sites is 1. The summed E-state index contributed by atoms with van der Waals surface area (Å²) in [5.41, 5.74) is 0.783. The van der Waals surface area contributed by atoms with E-state index in [0.29, 0.717) is 11.3 Å². The zero-order chi connectivity index (χ0) is 26.7. The van der Waals surface area contributed by atoms with Gasteiger partial charge in [0.25, 0.3) is 15.9 Å². The standard InChI is InChI=1S/C28H25ClF2N2O3S2/c29-25-20(27(34)32-22-4-2-1-3-21(22)31)11-12-23-24(25)28(13-15-37-16-14-28)26(17-5-6-17)33(23)38(35,36)19-9-7-18(30)8-10-19/h1-4,7-12,17,26H,5-6,13-16H2,(H,32,34). The van der Waals surface area contributed by atoms with Gasteiger partial charge in [0.2, 0.25) is 0 Å². The normalized spacial score (nSPS) is 20.4. The zero-order valence-electron chi connectivity index (χ0n) is 20.3. The summed E-state index contributed by atoms with van der Waals surface area (Å²) in [7, 11) is -4.05. The van der Waals surface area contributed by atoms with Crippen molar-refractivity contribution < 1.29 is 22.0 Å². The van der Waals surface area contributed by atoms with Gasteiger partial charge in [-0.15, -0.1) is 0 Å². The zero-order valence-corrected chi connectivity index (χ0v) is 22.7. The number of amides is 1. The maximum absolute atomic E-state index is 14.2. The van der Waals surface area contributed by atoms with Gasteiger partial charge in [0.05, 0.1) is 32.9 Å². The van der Waals surface area contributed by atoms with Gasteiger partial charge < -0.3 is 5.32 Å². The lowest BCUT2D eigenvalue weighted by Crippen LogP contribution is -2.50. The molecule has 1 unspecified atom stereocenters. The average molecular weight is 575 g/mol. The highest BCUT2D eigenvalue weighted by atomic mass is 35.5.